The molecule has 0 aromatic rings. The van der Waals surface area contributed by atoms with Crippen LogP contribution in [0.3, 0.4) is 0 Å². The summed E-state index contributed by atoms with van der Waals surface area (Å²) in [6, 6.07) is 0. The zero-order chi connectivity index (χ0) is 28.9. The summed E-state index contributed by atoms with van der Waals surface area (Å²) in [4.78, 5) is 5.57. The van der Waals surface area contributed by atoms with Crippen molar-refractivity contribution >= 4 is 41.1 Å². The predicted octanol–water partition coefficient (Wildman–Crippen LogP) is 9.94. The molecular formula is C31H48N4P2Pt2S2-2. The molecule has 0 heterocycles. The summed E-state index contributed by atoms with van der Waals surface area (Å²) in [7, 11) is -0.192. The van der Waals surface area contributed by atoms with Gasteiger partial charge in [-0.1, -0.05) is 25.7 Å². The van der Waals surface area contributed by atoms with E-state index in [1.165, 1.54) is 22.6 Å². The van der Waals surface area contributed by atoms with Crippen molar-refractivity contribution in [1.82, 2.24) is 0 Å². The number of hydrogen-bond donors (Lipinski definition) is 0. The molecular weight excluding hydrogens is 945 g/mol. The number of nitrogens with zero attached hydrogens (tertiary/aromatic N) is 4. The first-order chi connectivity index (χ1) is 19.1. The molecule has 0 unspecified atom stereocenters. The van der Waals surface area contributed by atoms with E-state index in [1.807, 2.05) is 5.90 Å². The Morgan fingerprint density at radius 3 is 0.854 bits per heavy atom. The Bertz CT molecular complexity index is 717. The van der Waals surface area contributed by atoms with Crippen molar-refractivity contribution in [3.63, 3.8) is 0 Å². The van der Waals surface area contributed by atoms with E-state index in [-0.39, 0.29) is 68.0 Å². The van der Waals surface area contributed by atoms with Crippen LogP contribution in [0.5, 0.6) is 0 Å². The summed E-state index contributed by atoms with van der Waals surface area (Å²) in [5, 5.41) is 12.3. The molecule has 0 aliphatic heterocycles. The first-order valence-corrected chi connectivity index (χ1v) is 19.7. The fourth-order valence-corrected chi connectivity index (χ4v) is 20.0. The van der Waals surface area contributed by atoms with E-state index in [0.29, 0.717) is 0 Å². The molecule has 0 saturated heterocycles. The van der Waals surface area contributed by atoms with Crippen LogP contribution >= 0.6 is 15.8 Å². The maximum atomic E-state index is 6.30. The van der Waals surface area contributed by atoms with Crippen LogP contribution in [0.4, 0.5) is 0 Å². The van der Waals surface area contributed by atoms with Crippen LogP contribution in [-0.4, -0.2) is 28.5 Å². The Morgan fingerprint density at radius 1 is 0.488 bits per heavy atom. The first-order valence-electron chi connectivity index (χ1n) is 15.1. The monoisotopic (exact) mass is 992 g/mol. The number of rotatable bonds is 6. The molecule has 0 bridgehead atoms. The topological polar surface area (TPSA) is 56.3 Å². The van der Waals surface area contributed by atoms with Crippen LogP contribution in [0.2, 0.25) is 0 Å². The largest absolute Gasteiger partial charge is 0.826 e. The van der Waals surface area contributed by atoms with Crippen molar-refractivity contribution in [2.24, 2.45) is 0 Å². The van der Waals surface area contributed by atoms with E-state index >= 15 is 0 Å². The Kier molecular flexibility index (Phi) is 29.6. The van der Waals surface area contributed by atoms with Crippen LogP contribution in [0, 0.1) is 36.8 Å². The second kappa shape index (κ2) is 27.9. The van der Waals surface area contributed by atoms with Crippen LogP contribution in [0.25, 0.3) is 9.69 Å². The molecule has 236 valence electrons. The van der Waals surface area contributed by atoms with Crippen molar-refractivity contribution < 1.29 is 42.1 Å². The summed E-state index contributed by atoms with van der Waals surface area (Å²) in [6.45, 7) is 22.1. The second-order valence-corrected chi connectivity index (χ2v) is 19.3. The minimum Gasteiger partial charge on any atom is -0.826 e. The van der Waals surface area contributed by atoms with Crippen LogP contribution in [0.1, 0.15) is 128 Å². The first kappa shape index (κ1) is 43.5. The van der Waals surface area contributed by atoms with Gasteiger partial charge in [0.05, 0.1) is 35.8 Å². The fourth-order valence-electron chi connectivity index (χ4n) is 7.47. The summed E-state index contributed by atoms with van der Waals surface area (Å²) in [5.41, 5.74) is 4.94. The Balaban J connectivity index is 0. The Morgan fingerprint density at radius 2 is 0.683 bits per heavy atom. The third kappa shape index (κ3) is 16.3. The van der Waals surface area contributed by atoms with Crippen molar-refractivity contribution in [2.75, 3.05) is 5.90 Å². The summed E-state index contributed by atoms with van der Waals surface area (Å²) < 4.78 is 0. The molecule has 0 aromatic heterocycles. The van der Waals surface area contributed by atoms with Gasteiger partial charge in [0.2, 0.25) is 0 Å². The van der Waals surface area contributed by atoms with Gasteiger partial charge in [0.15, 0.2) is 5.90 Å². The standard InChI is InChI=1S/C25H46P2.C4H2N2S2.2CN.2Pt/c1-5-13-22(14-6-1)26(23-15-7-2-8-16-23)21-27(24-17-9-3-10-18-24)25-19-11-4-12-20-25;1-5-3(7)4(8)6-2;2*1-2;;/h22-25H,1-21H2;7-8H;;;;/q;;2*-1;;/b;4-3-;;;;. The Hall–Kier alpha value is 0.377. The van der Waals surface area contributed by atoms with Gasteiger partial charge in [-0.2, -0.15) is 0 Å². The van der Waals surface area contributed by atoms with Gasteiger partial charge in [-0.3, -0.25) is 9.69 Å². The molecule has 4 saturated carbocycles. The van der Waals surface area contributed by atoms with Crippen LogP contribution in [-0.2, 0) is 67.4 Å². The zero-order valence-electron chi connectivity index (χ0n) is 24.4. The van der Waals surface area contributed by atoms with Crippen molar-refractivity contribution in [3.8, 4) is 0 Å². The smallest absolute Gasteiger partial charge is 0.156 e. The molecule has 0 amide bonds. The molecule has 4 aliphatic carbocycles. The fraction of sp³-hybridized carbons (Fsp3) is 0.806. The van der Waals surface area contributed by atoms with E-state index in [1.54, 1.807) is 128 Å². The normalized spacial score (nSPS) is 20.8. The molecule has 0 spiro atoms. The minimum atomic E-state index is -0.116. The zero-order valence-corrected chi connectivity index (χ0v) is 32.6. The molecule has 4 nitrogen and oxygen atoms in total. The summed E-state index contributed by atoms with van der Waals surface area (Å²) in [6.07, 6.45) is 32.1. The van der Waals surface area contributed by atoms with Gasteiger partial charge < -0.3 is 48.9 Å². The van der Waals surface area contributed by atoms with Crippen molar-refractivity contribution in [1.29, 1.82) is 10.5 Å². The molecule has 0 N–H and O–H groups in total. The molecule has 0 radical (unpaired) electrons. The van der Waals surface area contributed by atoms with E-state index in [0.717, 1.165) is 0 Å². The van der Waals surface area contributed by atoms with Crippen LogP contribution < -0.4 is 0 Å². The van der Waals surface area contributed by atoms with Gasteiger partial charge in [0, 0.05) is 68.0 Å². The quantitative estimate of drug-likeness (QED) is 0.151. The molecule has 41 heavy (non-hydrogen) atoms. The van der Waals surface area contributed by atoms with Crippen molar-refractivity contribution in [3.05, 3.63) is 46.0 Å². The van der Waals surface area contributed by atoms with E-state index < -0.39 is 0 Å². The summed E-state index contributed by atoms with van der Waals surface area (Å²) >= 11 is 8.74. The molecule has 4 rings (SSSR count). The maximum Gasteiger partial charge on any atom is 0.156 e. The third-order valence-corrected chi connectivity index (χ3v) is 19.8. The SMILES string of the molecule is C1CCC([PH+](C[PH+](C2CCCCC2)C2CCCCC2)C2CCCCC2)CC1.[C-]#N.[C-]#N.[C-]#[N+]/C([S-])=C(/[S-])[N+]#[C-].[Pt].[Pt]. The maximum absolute atomic E-state index is 6.30. The van der Waals surface area contributed by atoms with Gasteiger partial charge in [0.25, 0.3) is 0 Å². The molecule has 0 aromatic carbocycles. The van der Waals surface area contributed by atoms with Crippen molar-refractivity contribution in [2.45, 2.75) is 151 Å². The average molecular weight is 993 g/mol. The third-order valence-electron chi connectivity index (χ3n) is 9.31. The number of hydrogen-bond acceptors (Lipinski definition) is 4. The van der Waals surface area contributed by atoms with Crippen LogP contribution in [0.15, 0.2) is 10.1 Å². The molecule has 4 aliphatic rings. The van der Waals surface area contributed by atoms with Gasteiger partial charge >= 0.3 is 0 Å². The van der Waals surface area contributed by atoms with E-state index in [9.17, 15) is 0 Å². The molecule has 10 heteroatoms. The van der Waals surface area contributed by atoms with Gasteiger partial charge in [0.1, 0.15) is 0 Å². The molecule has 0 atom stereocenters. The average Bonchev–Trinajstić information content (AvgIpc) is 3.04. The second-order valence-electron chi connectivity index (χ2n) is 11.5. The summed E-state index contributed by atoms with van der Waals surface area (Å²) in [5.74, 6) is 1.86. The van der Waals surface area contributed by atoms with E-state index in [2.05, 4.69) is 34.9 Å². The predicted molar refractivity (Wildman–Crippen MR) is 174 cm³/mol. The van der Waals surface area contributed by atoms with E-state index in [4.69, 9.17) is 36.8 Å². The van der Waals surface area contributed by atoms with Gasteiger partial charge in [-0.25, -0.2) is 0 Å². The van der Waals surface area contributed by atoms with Gasteiger partial charge in [-0.15, -0.1) is 0 Å². The molecule has 4 fully saturated rings. The van der Waals surface area contributed by atoms with Gasteiger partial charge in [-0.05, 0) is 103 Å². The Labute approximate surface area is 294 Å². The minimum absolute atomic E-state index is 0.